The Morgan fingerprint density at radius 1 is 1.09 bits per heavy atom. The fraction of sp³-hybridized carbons (Fsp3) is 0.222. The number of carbonyl (C=O) groups is 1. The molecule has 0 aliphatic rings. The lowest BCUT2D eigenvalue weighted by molar-refractivity contribution is 0.0636. The van der Waals surface area contributed by atoms with Crippen molar-refractivity contribution in [2.75, 3.05) is 5.32 Å². The number of amides is 1. The number of benzene rings is 2. The van der Waals surface area contributed by atoms with Gasteiger partial charge in [-0.25, -0.2) is 9.64 Å². The van der Waals surface area contributed by atoms with Crippen LogP contribution in [0.5, 0.6) is 0 Å². The number of carbonyl (C=O) groups excluding carboxylic acids is 1. The molecule has 0 saturated heterocycles. The minimum atomic E-state index is -0.530. The van der Waals surface area contributed by atoms with Gasteiger partial charge in [0.25, 0.3) is 0 Å². The molecular formula is C18H18N2O2. The molecule has 0 bridgehead atoms. The van der Waals surface area contributed by atoms with E-state index in [2.05, 4.69) is 10.2 Å². The van der Waals surface area contributed by atoms with Crippen LogP contribution >= 0.6 is 0 Å². The number of nitrogens with one attached hydrogen (secondary N) is 1. The van der Waals surface area contributed by atoms with Gasteiger partial charge < -0.3 is 4.74 Å². The molecule has 0 heterocycles. The molecule has 1 N–H and O–H groups in total. The van der Waals surface area contributed by atoms with E-state index in [9.17, 15) is 4.79 Å². The van der Waals surface area contributed by atoms with Crippen molar-refractivity contribution in [1.29, 1.82) is 0 Å². The van der Waals surface area contributed by atoms with Crippen molar-refractivity contribution in [1.82, 2.24) is 0 Å². The SMILES string of the molecule is [C-]#[N+]c1ccc(-c2cccc(NC(=O)OC(C)(C)C)c2)cc1. The molecule has 0 aliphatic heterocycles. The molecule has 0 radical (unpaired) electrons. The minimum Gasteiger partial charge on any atom is -0.444 e. The van der Waals surface area contributed by atoms with E-state index in [1.54, 1.807) is 18.2 Å². The summed E-state index contributed by atoms with van der Waals surface area (Å²) in [5.74, 6) is 0. The summed E-state index contributed by atoms with van der Waals surface area (Å²) in [5, 5.41) is 2.72. The molecule has 0 aliphatic carbocycles. The monoisotopic (exact) mass is 294 g/mol. The van der Waals surface area contributed by atoms with E-state index in [0.717, 1.165) is 11.1 Å². The first-order valence-electron chi connectivity index (χ1n) is 6.95. The molecule has 0 atom stereocenters. The van der Waals surface area contributed by atoms with E-state index in [0.29, 0.717) is 11.4 Å². The molecule has 0 fully saturated rings. The van der Waals surface area contributed by atoms with Crippen LogP contribution in [0.2, 0.25) is 0 Å². The van der Waals surface area contributed by atoms with E-state index in [1.807, 2.05) is 51.1 Å². The predicted octanol–water partition coefficient (Wildman–Crippen LogP) is 5.25. The van der Waals surface area contributed by atoms with Gasteiger partial charge in [-0.3, -0.25) is 5.32 Å². The molecule has 2 rings (SSSR count). The molecule has 2 aromatic carbocycles. The van der Waals surface area contributed by atoms with Crippen LogP contribution in [0.15, 0.2) is 48.5 Å². The summed E-state index contributed by atoms with van der Waals surface area (Å²) < 4.78 is 5.23. The maximum atomic E-state index is 11.8. The van der Waals surface area contributed by atoms with Crippen molar-refractivity contribution in [3.05, 3.63) is 59.9 Å². The molecular weight excluding hydrogens is 276 g/mol. The van der Waals surface area contributed by atoms with Gasteiger partial charge in [-0.2, -0.15) is 0 Å². The third-order valence-electron chi connectivity index (χ3n) is 2.84. The first kappa shape index (κ1) is 15.6. The highest BCUT2D eigenvalue weighted by molar-refractivity contribution is 5.86. The summed E-state index contributed by atoms with van der Waals surface area (Å²) in [5.41, 5.74) is 2.69. The predicted molar refractivity (Wildman–Crippen MR) is 88.0 cm³/mol. The van der Waals surface area contributed by atoms with Crippen LogP contribution in [0, 0.1) is 6.57 Å². The number of nitrogens with zero attached hydrogens (tertiary/aromatic N) is 1. The van der Waals surface area contributed by atoms with E-state index in [1.165, 1.54) is 0 Å². The Labute approximate surface area is 130 Å². The van der Waals surface area contributed by atoms with Crippen molar-refractivity contribution in [3.63, 3.8) is 0 Å². The Morgan fingerprint density at radius 3 is 2.36 bits per heavy atom. The van der Waals surface area contributed by atoms with Gasteiger partial charge in [-0.05, 0) is 44.0 Å². The average molecular weight is 294 g/mol. The van der Waals surface area contributed by atoms with E-state index < -0.39 is 11.7 Å². The smallest absolute Gasteiger partial charge is 0.412 e. The molecule has 4 nitrogen and oxygen atoms in total. The van der Waals surface area contributed by atoms with Gasteiger partial charge in [0.05, 0.1) is 6.57 Å². The third-order valence-corrected chi connectivity index (χ3v) is 2.84. The lowest BCUT2D eigenvalue weighted by Gasteiger charge is -2.19. The van der Waals surface area contributed by atoms with E-state index >= 15 is 0 Å². The molecule has 4 heteroatoms. The molecule has 0 aromatic heterocycles. The number of hydrogen-bond acceptors (Lipinski definition) is 2. The Hall–Kier alpha value is -2.80. The highest BCUT2D eigenvalue weighted by atomic mass is 16.6. The molecule has 112 valence electrons. The zero-order valence-corrected chi connectivity index (χ0v) is 12.9. The highest BCUT2D eigenvalue weighted by Crippen LogP contribution is 2.25. The molecule has 22 heavy (non-hydrogen) atoms. The van der Waals surface area contributed by atoms with Crippen molar-refractivity contribution < 1.29 is 9.53 Å². The number of anilines is 1. The Bertz CT molecular complexity index is 707. The second kappa shape index (κ2) is 6.31. The van der Waals surface area contributed by atoms with Gasteiger partial charge in [-0.1, -0.05) is 36.4 Å². The van der Waals surface area contributed by atoms with Gasteiger partial charge >= 0.3 is 6.09 Å². The molecule has 0 unspecified atom stereocenters. The second-order valence-electron chi connectivity index (χ2n) is 5.87. The summed E-state index contributed by atoms with van der Waals surface area (Å²) in [4.78, 5) is 15.2. The third kappa shape index (κ3) is 4.35. The Morgan fingerprint density at radius 2 is 1.77 bits per heavy atom. The van der Waals surface area contributed by atoms with Gasteiger partial charge in [0, 0.05) is 5.69 Å². The van der Waals surface area contributed by atoms with Crippen molar-refractivity contribution >= 4 is 17.5 Å². The fourth-order valence-corrected chi connectivity index (χ4v) is 1.93. The van der Waals surface area contributed by atoms with Gasteiger partial charge in [0.15, 0.2) is 5.69 Å². The van der Waals surface area contributed by atoms with Crippen LogP contribution in [0.25, 0.3) is 16.0 Å². The van der Waals surface area contributed by atoms with E-state index in [-0.39, 0.29) is 0 Å². The Balaban J connectivity index is 2.16. The summed E-state index contributed by atoms with van der Waals surface area (Å²) >= 11 is 0. The molecule has 2 aromatic rings. The molecule has 0 saturated carbocycles. The van der Waals surface area contributed by atoms with Crippen LogP contribution < -0.4 is 5.32 Å². The van der Waals surface area contributed by atoms with Gasteiger partial charge in [0.2, 0.25) is 0 Å². The summed E-state index contributed by atoms with van der Waals surface area (Å²) in [7, 11) is 0. The van der Waals surface area contributed by atoms with Gasteiger partial charge in [-0.15, -0.1) is 0 Å². The van der Waals surface area contributed by atoms with Gasteiger partial charge in [0.1, 0.15) is 5.60 Å². The van der Waals surface area contributed by atoms with Crippen LogP contribution in [0.3, 0.4) is 0 Å². The number of ether oxygens (including phenoxy) is 1. The summed E-state index contributed by atoms with van der Waals surface area (Å²) in [6, 6.07) is 14.8. The lowest BCUT2D eigenvalue weighted by Crippen LogP contribution is -2.27. The number of hydrogen-bond donors (Lipinski definition) is 1. The van der Waals surface area contributed by atoms with Crippen LogP contribution in [0.1, 0.15) is 20.8 Å². The van der Waals surface area contributed by atoms with Crippen LogP contribution in [-0.2, 0) is 4.74 Å². The fourth-order valence-electron chi connectivity index (χ4n) is 1.93. The first-order valence-corrected chi connectivity index (χ1v) is 6.95. The summed E-state index contributed by atoms with van der Waals surface area (Å²) in [6.07, 6.45) is -0.479. The van der Waals surface area contributed by atoms with Crippen LogP contribution in [-0.4, -0.2) is 11.7 Å². The normalized spacial score (nSPS) is 10.6. The molecule has 1 amide bonds. The quantitative estimate of drug-likeness (QED) is 0.768. The first-order chi connectivity index (χ1) is 10.4. The molecule has 0 spiro atoms. The topological polar surface area (TPSA) is 42.7 Å². The standard InChI is InChI=1S/C18H18N2O2/c1-18(2,3)22-17(21)20-16-7-5-6-14(12-16)13-8-10-15(19-4)11-9-13/h5-12H,1-3H3,(H,20,21). The van der Waals surface area contributed by atoms with Crippen molar-refractivity contribution in [3.8, 4) is 11.1 Å². The highest BCUT2D eigenvalue weighted by Gasteiger charge is 2.16. The number of rotatable bonds is 2. The van der Waals surface area contributed by atoms with E-state index in [4.69, 9.17) is 11.3 Å². The maximum Gasteiger partial charge on any atom is 0.412 e. The second-order valence-corrected chi connectivity index (χ2v) is 5.87. The largest absolute Gasteiger partial charge is 0.444 e. The zero-order chi connectivity index (χ0) is 16.2. The lowest BCUT2D eigenvalue weighted by atomic mass is 10.0. The average Bonchev–Trinajstić information content (AvgIpc) is 2.45. The van der Waals surface area contributed by atoms with Crippen molar-refractivity contribution in [2.45, 2.75) is 26.4 Å². The van der Waals surface area contributed by atoms with Crippen LogP contribution in [0.4, 0.5) is 16.2 Å². The van der Waals surface area contributed by atoms with Crippen molar-refractivity contribution in [2.24, 2.45) is 0 Å². The summed E-state index contributed by atoms with van der Waals surface area (Å²) in [6.45, 7) is 12.4. The Kier molecular flexibility index (Phi) is 4.47. The maximum absolute atomic E-state index is 11.8. The minimum absolute atomic E-state index is 0.479. The zero-order valence-electron chi connectivity index (χ0n) is 12.9.